The van der Waals surface area contributed by atoms with Crippen molar-refractivity contribution >= 4 is 98.4 Å². The topological polar surface area (TPSA) is 74.8 Å². The first kappa shape index (κ1) is 26.4. The van der Waals surface area contributed by atoms with Gasteiger partial charge in [0.15, 0.2) is 0 Å². The molecule has 2 fully saturated rings. The number of aliphatic hydroxyl groups is 2. The van der Waals surface area contributed by atoms with Crippen LogP contribution in [0.3, 0.4) is 0 Å². The summed E-state index contributed by atoms with van der Waals surface area (Å²) < 4.78 is 15.1. The summed E-state index contributed by atoms with van der Waals surface area (Å²) in [4.78, 5) is 0. The van der Waals surface area contributed by atoms with Crippen molar-refractivity contribution in [2.75, 3.05) is 26.4 Å². The van der Waals surface area contributed by atoms with Gasteiger partial charge in [0.2, 0.25) is 5.79 Å². The molecule has 0 saturated carbocycles. The third-order valence-electron chi connectivity index (χ3n) is 4.35. The third kappa shape index (κ3) is 6.09. The van der Waals surface area contributed by atoms with Crippen LogP contribution in [0, 0.1) is 0 Å². The van der Waals surface area contributed by atoms with Crippen molar-refractivity contribution in [2.45, 2.75) is 23.4 Å². The lowest BCUT2D eigenvalue weighted by molar-refractivity contribution is -0.116. The molecule has 2 saturated heterocycles. The van der Waals surface area contributed by atoms with Crippen LogP contribution in [0.2, 0.25) is 25.1 Å². The van der Waals surface area contributed by atoms with Gasteiger partial charge in [-0.25, -0.2) is 0 Å². The Kier molecular flexibility index (Phi) is 9.05. The number of epoxide rings is 2. The molecule has 1 aromatic carbocycles. The SMILES string of the molecule is C(OCC1CO1)C1CO1.OC1(O)C(Cl)=CC(c2c(Cl)c(Cl)c(Cl)c(Cl)c2Cl)=C(Cl)C1Cl. The molecule has 172 valence electrons. The molecule has 0 radical (unpaired) electrons. The molecule has 2 heterocycles. The average Bonchev–Trinajstić information content (AvgIpc) is 3.64. The summed E-state index contributed by atoms with van der Waals surface area (Å²) in [6, 6.07) is 0. The zero-order valence-corrected chi connectivity index (χ0v) is 21.3. The molecular weight excluding hydrogens is 580 g/mol. The fourth-order valence-electron chi connectivity index (χ4n) is 2.43. The van der Waals surface area contributed by atoms with Crippen molar-refractivity contribution in [2.24, 2.45) is 0 Å². The van der Waals surface area contributed by atoms with Gasteiger partial charge in [0.25, 0.3) is 0 Å². The van der Waals surface area contributed by atoms with E-state index in [0.29, 0.717) is 12.2 Å². The van der Waals surface area contributed by atoms with Gasteiger partial charge in [-0.1, -0.05) is 81.2 Å². The van der Waals surface area contributed by atoms with Gasteiger partial charge in [-0.15, -0.1) is 11.6 Å². The number of ether oxygens (including phenoxy) is 3. The molecule has 0 amide bonds. The van der Waals surface area contributed by atoms with E-state index in [1.54, 1.807) is 0 Å². The first-order chi connectivity index (χ1) is 14.5. The van der Waals surface area contributed by atoms with Crippen LogP contribution >= 0.6 is 92.8 Å². The molecule has 4 rings (SSSR count). The Hall–Kier alpha value is 0.820. The van der Waals surface area contributed by atoms with Gasteiger partial charge in [0.05, 0.1) is 56.6 Å². The first-order valence-electron chi connectivity index (χ1n) is 8.65. The minimum Gasteiger partial charge on any atom is -0.376 e. The van der Waals surface area contributed by atoms with Gasteiger partial charge in [-0.3, -0.25) is 0 Å². The Morgan fingerprint density at radius 1 is 0.839 bits per heavy atom. The van der Waals surface area contributed by atoms with Gasteiger partial charge in [0, 0.05) is 16.2 Å². The van der Waals surface area contributed by atoms with Crippen molar-refractivity contribution in [3.8, 4) is 0 Å². The van der Waals surface area contributed by atoms with Crippen LogP contribution in [0.25, 0.3) is 5.57 Å². The van der Waals surface area contributed by atoms with Crippen molar-refractivity contribution in [3.05, 3.63) is 46.8 Å². The monoisotopic (exact) mass is 590 g/mol. The molecule has 13 heteroatoms. The van der Waals surface area contributed by atoms with E-state index < -0.39 is 11.2 Å². The molecule has 5 nitrogen and oxygen atoms in total. The highest BCUT2D eigenvalue weighted by atomic mass is 35.5. The largest absolute Gasteiger partial charge is 0.376 e. The molecule has 31 heavy (non-hydrogen) atoms. The van der Waals surface area contributed by atoms with Crippen LogP contribution in [0.4, 0.5) is 0 Å². The second-order valence-corrected chi connectivity index (χ2v) is 9.88. The maximum absolute atomic E-state index is 9.80. The molecule has 3 atom stereocenters. The number of hydrogen-bond donors (Lipinski definition) is 2. The lowest BCUT2D eigenvalue weighted by atomic mass is 9.95. The van der Waals surface area contributed by atoms with Crippen LogP contribution < -0.4 is 0 Å². The van der Waals surface area contributed by atoms with E-state index in [0.717, 1.165) is 32.5 Å². The average molecular weight is 594 g/mol. The van der Waals surface area contributed by atoms with E-state index >= 15 is 0 Å². The van der Waals surface area contributed by atoms with Gasteiger partial charge in [0.1, 0.15) is 17.6 Å². The predicted octanol–water partition coefficient (Wildman–Crippen LogP) is 6.13. The number of rotatable bonds is 5. The highest BCUT2D eigenvalue weighted by molar-refractivity contribution is 6.56. The lowest BCUT2D eigenvalue weighted by Gasteiger charge is -2.31. The van der Waals surface area contributed by atoms with Crippen LogP contribution in [-0.2, 0) is 14.2 Å². The number of allylic oxidation sites excluding steroid dienone is 2. The number of benzene rings is 1. The van der Waals surface area contributed by atoms with Crippen molar-refractivity contribution in [1.29, 1.82) is 0 Å². The Labute approximate surface area is 218 Å². The van der Waals surface area contributed by atoms with Crippen LogP contribution in [0.1, 0.15) is 5.56 Å². The van der Waals surface area contributed by atoms with Crippen molar-refractivity contribution < 1.29 is 24.4 Å². The molecule has 1 aliphatic carbocycles. The minimum atomic E-state index is -2.53. The zero-order chi connectivity index (χ0) is 23.1. The van der Waals surface area contributed by atoms with E-state index in [1.807, 2.05) is 0 Å². The zero-order valence-electron chi connectivity index (χ0n) is 15.3. The van der Waals surface area contributed by atoms with E-state index in [-0.39, 0.29) is 46.3 Å². The Morgan fingerprint density at radius 2 is 1.26 bits per heavy atom. The Morgan fingerprint density at radius 3 is 1.68 bits per heavy atom. The molecular formula is C18H14Cl8O5. The molecule has 2 aliphatic heterocycles. The van der Waals surface area contributed by atoms with E-state index in [4.69, 9.17) is 107 Å². The maximum atomic E-state index is 9.80. The highest BCUT2D eigenvalue weighted by Gasteiger charge is 2.43. The summed E-state index contributed by atoms with van der Waals surface area (Å²) in [5.74, 6) is -2.53. The molecule has 0 bridgehead atoms. The van der Waals surface area contributed by atoms with Gasteiger partial charge in [-0.05, 0) is 6.08 Å². The summed E-state index contributed by atoms with van der Waals surface area (Å²) in [6.07, 6.45) is 1.95. The third-order valence-corrected chi connectivity index (χ3v) is 8.07. The quantitative estimate of drug-likeness (QED) is 0.141. The van der Waals surface area contributed by atoms with Crippen LogP contribution in [0.5, 0.6) is 0 Å². The normalized spacial score (nSPS) is 26.3. The maximum Gasteiger partial charge on any atom is 0.222 e. The fourth-order valence-corrected chi connectivity index (χ4v) is 4.58. The minimum absolute atomic E-state index is 0.0224. The van der Waals surface area contributed by atoms with Gasteiger partial charge in [-0.2, -0.15) is 0 Å². The fraction of sp³-hybridized carbons (Fsp3) is 0.444. The van der Waals surface area contributed by atoms with Crippen LogP contribution in [0.15, 0.2) is 16.1 Å². The predicted molar refractivity (Wildman–Crippen MR) is 125 cm³/mol. The standard InChI is InChI=1S/C12H4Cl8O2.C6H10O3/c13-3-1-2(5(14)11(20)12(3,21)22)4-6(15)8(17)10(19)9(18)7(4)16;1(5-3-8-5)7-2-6-4-9-6/h1,11,21-22H;5-6H,1-4H2. The van der Waals surface area contributed by atoms with E-state index in [9.17, 15) is 10.2 Å². The number of hydrogen-bond acceptors (Lipinski definition) is 5. The van der Waals surface area contributed by atoms with Crippen molar-refractivity contribution in [3.63, 3.8) is 0 Å². The molecule has 0 aromatic heterocycles. The summed E-state index contributed by atoms with van der Waals surface area (Å²) in [5.41, 5.74) is 0.285. The van der Waals surface area contributed by atoms with Gasteiger partial charge >= 0.3 is 0 Å². The van der Waals surface area contributed by atoms with Gasteiger partial charge < -0.3 is 24.4 Å². The summed E-state index contributed by atoms with van der Waals surface area (Å²) >= 11 is 48.0. The highest BCUT2D eigenvalue weighted by Crippen LogP contribution is 2.50. The van der Waals surface area contributed by atoms with E-state index in [2.05, 4.69) is 0 Å². The smallest absolute Gasteiger partial charge is 0.222 e. The summed E-state index contributed by atoms with van der Waals surface area (Å²) in [7, 11) is 0. The summed E-state index contributed by atoms with van der Waals surface area (Å²) in [5, 5.41) is 17.5. The lowest BCUT2D eigenvalue weighted by Crippen LogP contribution is -2.41. The van der Waals surface area contributed by atoms with Crippen molar-refractivity contribution in [1.82, 2.24) is 0 Å². The first-order valence-corrected chi connectivity index (χ1v) is 11.7. The molecule has 1 aromatic rings. The number of halogens is 8. The Balaban J connectivity index is 0.000000248. The second-order valence-electron chi connectivity index (χ2n) is 6.74. The second kappa shape index (κ2) is 10.6. The Bertz CT molecular complexity index is 883. The molecule has 0 spiro atoms. The molecule has 3 aliphatic rings. The van der Waals surface area contributed by atoms with E-state index in [1.165, 1.54) is 0 Å². The molecule has 2 N–H and O–H groups in total. The summed E-state index contributed by atoms with van der Waals surface area (Å²) in [6.45, 7) is 3.26. The van der Waals surface area contributed by atoms with Crippen LogP contribution in [-0.4, -0.2) is 60.0 Å². The molecule has 3 unspecified atom stereocenters. The number of alkyl halides is 1.